The van der Waals surface area contributed by atoms with Crippen molar-refractivity contribution in [2.45, 2.75) is 12.5 Å². The maximum Gasteiger partial charge on any atom is 0.358 e. The van der Waals surface area contributed by atoms with E-state index in [4.69, 9.17) is 15.4 Å². The Kier molecular flexibility index (Phi) is 7.24. The van der Waals surface area contributed by atoms with Gasteiger partial charge in [0.15, 0.2) is 8.69 Å². The first-order valence-electron chi connectivity index (χ1n) is 5.86. The normalized spacial score (nSPS) is 16.1. The summed E-state index contributed by atoms with van der Waals surface area (Å²) in [5.74, 6) is 0.0719. The Bertz CT molecular complexity index is 579. The van der Waals surface area contributed by atoms with E-state index < -0.39 is 34.4 Å². The zero-order valence-corrected chi connectivity index (χ0v) is 13.0. The number of anilines is 1. The Balaban J connectivity index is 2.54. The van der Waals surface area contributed by atoms with Crippen LogP contribution >= 0.6 is 16.3 Å². The topological polar surface area (TPSA) is 154 Å². The van der Waals surface area contributed by atoms with E-state index in [9.17, 15) is 19.0 Å². The summed E-state index contributed by atoms with van der Waals surface area (Å²) in [6, 6.07) is 0.812. The molecule has 12 heteroatoms. The average Bonchev–Trinajstić information content (AvgIpc) is 2.40. The lowest BCUT2D eigenvalue weighted by molar-refractivity contribution is 0.126. The van der Waals surface area contributed by atoms with Gasteiger partial charge in [-0.15, -0.1) is 0 Å². The van der Waals surface area contributed by atoms with Gasteiger partial charge in [-0.2, -0.15) is 4.98 Å². The van der Waals surface area contributed by atoms with Gasteiger partial charge in [-0.1, -0.05) is 0 Å². The molecule has 4 N–H and O–H groups in total. The van der Waals surface area contributed by atoms with E-state index in [-0.39, 0.29) is 25.5 Å². The van der Waals surface area contributed by atoms with Crippen molar-refractivity contribution in [2.75, 3.05) is 25.3 Å². The van der Waals surface area contributed by atoms with Crippen LogP contribution in [0, 0.1) is 0 Å². The second-order valence-corrected chi connectivity index (χ2v) is 6.61. The molecule has 0 aliphatic heterocycles. The highest BCUT2D eigenvalue weighted by Gasteiger charge is 2.19. The van der Waals surface area contributed by atoms with E-state index in [2.05, 4.69) is 9.29 Å². The van der Waals surface area contributed by atoms with Gasteiger partial charge < -0.3 is 20.5 Å². The Morgan fingerprint density at radius 1 is 1.57 bits per heavy atom. The summed E-state index contributed by atoms with van der Waals surface area (Å²) in [6.45, 7) is -0.350. The summed E-state index contributed by atoms with van der Waals surface area (Å²) < 4.78 is 31.6. The molecule has 0 fully saturated rings. The molecule has 0 saturated heterocycles. The maximum absolute atomic E-state index is 11.6. The molecule has 1 aromatic heterocycles. The Morgan fingerprint density at radius 2 is 2.29 bits per heavy atom. The van der Waals surface area contributed by atoms with Crippen LogP contribution in [0.4, 0.5) is 5.82 Å². The molecule has 0 amide bonds. The van der Waals surface area contributed by atoms with Gasteiger partial charge in [-0.3, -0.25) is 18.0 Å². The van der Waals surface area contributed by atoms with Crippen molar-refractivity contribution in [3.63, 3.8) is 0 Å². The van der Waals surface area contributed by atoms with E-state index >= 15 is 0 Å². The fourth-order valence-electron chi connectivity index (χ4n) is 1.52. The molecule has 120 valence electrons. The minimum Gasteiger partial charge on any atom is -0.394 e. The summed E-state index contributed by atoms with van der Waals surface area (Å²) in [5, 5.41) is 9.28. The molecule has 1 aromatic rings. The lowest BCUT2D eigenvalue weighted by Crippen LogP contribution is -2.29. The molecule has 0 saturated carbocycles. The van der Waals surface area contributed by atoms with Crippen molar-refractivity contribution in [2.24, 2.45) is 0 Å². The van der Waals surface area contributed by atoms with Crippen LogP contribution in [0.2, 0.25) is 0 Å². The summed E-state index contributed by atoms with van der Waals surface area (Å²) in [6.07, 6.45) is 0.980. The molecule has 10 nitrogen and oxygen atoms in total. The van der Waals surface area contributed by atoms with Gasteiger partial charge in [-0.25, -0.2) is 4.79 Å². The molecule has 21 heavy (non-hydrogen) atoms. The average molecular weight is 341 g/mol. The number of rotatable bonds is 9. The molecular formula is C9H17N3O7P2. The molecule has 0 spiro atoms. The number of aromatic nitrogens is 2. The highest BCUT2D eigenvalue weighted by molar-refractivity contribution is 7.57. The first-order valence-corrected chi connectivity index (χ1v) is 8.57. The van der Waals surface area contributed by atoms with Gasteiger partial charge in [0.05, 0.1) is 12.6 Å². The van der Waals surface area contributed by atoms with Crippen molar-refractivity contribution in [1.82, 2.24) is 9.55 Å². The van der Waals surface area contributed by atoms with Gasteiger partial charge in [0.25, 0.3) is 0 Å². The monoisotopic (exact) mass is 341 g/mol. The Morgan fingerprint density at radius 3 is 2.86 bits per heavy atom. The molecule has 3 unspecified atom stereocenters. The van der Waals surface area contributed by atoms with Crippen LogP contribution < -0.4 is 11.4 Å². The number of nitrogens with zero attached hydrogens (tertiary/aromatic N) is 2. The lowest BCUT2D eigenvalue weighted by atomic mass is 10.2. The maximum atomic E-state index is 11.6. The molecule has 0 aliphatic carbocycles. The number of hydrogen-bond acceptors (Lipinski definition) is 8. The molecule has 1 rings (SSSR count). The Hall–Kier alpha value is -1.02. The Labute approximate surface area is 121 Å². The zero-order chi connectivity index (χ0) is 15.9. The molecule has 0 bridgehead atoms. The van der Waals surface area contributed by atoms with Gasteiger partial charge in [-0.05, 0) is 12.5 Å². The second kappa shape index (κ2) is 8.43. The molecular weight excluding hydrogens is 324 g/mol. The largest absolute Gasteiger partial charge is 0.394 e. The number of aliphatic hydroxyl groups excluding tert-OH is 1. The highest BCUT2D eigenvalue weighted by Crippen LogP contribution is 2.45. The van der Waals surface area contributed by atoms with Gasteiger partial charge in [0.1, 0.15) is 12.2 Å². The third-order valence-corrected chi connectivity index (χ3v) is 4.68. The fourth-order valence-corrected chi connectivity index (χ4v) is 2.66. The molecule has 0 aromatic carbocycles. The first kappa shape index (κ1) is 18.0. The first-order chi connectivity index (χ1) is 9.89. The summed E-state index contributed by atoms with van der Waals surface area (Å²) in [5.41, 5.74) is 4.75. The van der Waals surface area contributed by atoms with Crippen molar-refractivity contribution < 1.29 is 28.2 Å². The third kappa shape index (κ3) is 6.09. The van der Waals surface area contributed by atoms with Gasteiger partial charge in [0, 0.05) is 12.8 Å². The molecule has 1 heterocycles. The van der Waals surface area contributed by atoms with Crippen LogP contribution in [0.3, 0.4) is 0 Å². The number of ether oxygens (including phenoxy) is 1. The number of aliphatic hydroxyl groups is 1. The van der Waals surface area contributed by atoms with Crippen molar-refractivity contribution in [3.05, 3.63) is 22.7 Å². The highest BCUT2D eigenvalue weighted by atomic mass is 31.2. The lowest BCUT2D eigenvalue weighted by Gasteiger charge is -2.17. The van der Waals surface area contributed by atoms with Crippen LogP contribution in [0.5, 0.6) is 0 Å². The fraction of sp³-hybridized carbons (Fsp3) is 0.556. The summed E-state index contributed by atoms with van der Waals surface area (Å²) >= 11 is 0. The van der Waals surface area contributed by atoms with Crippen LogP contribution in [0.15, 0.2) is 17.1 Å². The van der Waals surface area contributed by atoms with Crippen LogP contribution in [0.1, 0.15) is 12.5 Å². The quantitative estimate of drug-likeness (QED) is 0.402. The van der Waals surface area contributed by atoms with Crippen molar-refractivity contribution in [3.8, 4) is 0 Å². The van der Waals surface area contributed by atoms with E-state index in [1.807, 2.05) is 0 Å². The van der Waals surface area contributed by atoms with Gasteiger partial charge >= 0.3 is 13.3 Å². The third-order valence-electron chi connectivity index (χ3n) is 2.51. The van der Waals surface area contributed by atoms with Crippen molar-refractivity contribution >= 4 is 22.1 Å². The zero-order valence-electron chi connectivity index (χ0n) is 11.0. The van der Waals surface area contributed by atoms with Gasteiger partial charge in [0.2, 0.25) is 0 Å². The van der Waals surface area contributed by atoms with Crippen LogP contribution in [0.25, 0.3) is 0 Å². The molecule has 0 aliphatic rings. The van der Waals surface area contributed by atoms with E-state index in [0.717, 1.165) is 0 Å². The van der Waals surface area contributed by atoms with E-state index in [1.54, 1.807) is 0 Å². The second-order valence-electron chi connectivity index (χ2n) is 4.04. The molecule has 3 atom stereocenters. The standard InChI is InChI=1S/C9H17N3O7P2/c10-8-1-3-12(9(14)11-8)7(5-13)2-4-18-6-21(16,17)19-20-15/h1,3,7,13H,2,4-6,20H2,(H,16,17)(H2,10,11,14). The SMILES string of the molecule is Nc1ccn(C(CO)CCOCP(=O)(O)O[PH2]=O)c(=O)n1. The minimum absolute atomic E-state index is 0.00978. The van der Waals surface area contributed by atoms with Crippen LogP contribution in [-0.4, -0.2) is 39.1 Å². The minimum atomic E-state index is -4.01. The number of hydrogen-bond donors (Lipinski definition) is 3. The van der Waals surface area contributed by atoms with E-state index in [1.165, 1.54) is 16.8 Å². The smallest absolute Gasteiger partial charge is 0.358 e. The summed E-state index contributed by atoms with van der Waals surface area (Å²) in [7, 11) is -5.81. The van der Waals surface area contributed by atoms with Crippen LogP contribution in [-0.2, 0) is 18.2 Å². The van der Waals surface area contributed by atoms with E-state index in [0.29, 0.717) is 0 Å². The summed E-state index contributed by atoms with van der Waals surface area (Å²) in [4.78, 5) is 24.3. The number of nitrogens with two attached hydrogens (primary N) is 1. The predicted octanol–water partition coefficient (Wildman–Crippen LogP) is -0.404. The predicted molar refractivity (Wildman–Crippen MR) is 75.8 cm³/mol. The molecule has 0 radical (unpaired) electrons. The number of nitrogen functional groups attached to an aromatic ring is 1. The van der Waals surface area contributed by atoms with Crippen molar-refractivity contribution in [1.29, 1.82) is 0 Å².